The molecule has 0 fully saturated rings. The highest BCUT2D eigenvalue weighted by Gasteiger charge is 1.97. The van der Waals surface area contributed by atoms with E-state index in [0.717, 1.165) is 29.3 Å². The Morgan fingerprint density at radius 3 is 2.89 bits per heavy atom. The molecule has 0 heterocycles. The van der Waals surface area contributed by atoms with Crippen LogP contribution in [-0.4, -0.2) is 31.1 Å². The van der Waals surface area contributed by atoms with Gasteiger partial charge >= 0.3 is 0 Å². The molecule has 1 aromatic rings. The van der Waals surface area contributed by atoms with Gasteiger partial charge < -0.3 is 10.6 Å². The summed E-state index contributed by atoms with van der Waals surface area (Å²) in [6, 6.07) is 8.23. The van der Waals surface area contributed by atoms with Crippen LogP contribution in [-0.2, 0) is 6.54 Å². The highest BCUT2D eigenvalue weighted by Crippen LogP contribution is 2.12. The topological polar surface area (TPSA) is 36.4 Å². The largest absolute Gasteiger partial charge is 0.357 e. The quantitative estimate of drug-likeness (QED) is 0.478. The van der Waals surface area contributed by atoms with Gasteiger partial charge in [0.2, 0.25) is 0 Å². The van der Waals surface area contributed by atoms with Gasteiger partial charge in [-0.15, -0.1) is 0 Å². The Morgan fingerprint density at radius 2 is 2.22 bits per heavy atom. The number of hydrogen-bond acceptors (Lipinski definition) is 2. The number of halogens is 1. The lowest BCUT2D eigenvalue weighted by molar-refractivity contribution is 0.843. The summed E-state index contributed by atoms with van der Waals surface area (Å²) in [4.78, 5) is 4.56. The third-order valence-corrected chi connectivity index (χ3v) is 3.36. The second-order valence-corrected chi connectivity index (χ2v) is 5.65. The standard InChI is InChI=1S/C13H20BrN3S/c1-3-15-13(16-7-8-18-2)17-10-11-5-4-6-12(14)9-11/h4-6,9H,3,7-8,10H2,1-2H3,(H2,15,16,17). The summed E-state index contributed by atoms with van der Waals surface area (Å²) < 4.78 is 1.09. The van der Waals surface area contributed by atoms with Crippen LogP contribution in [0.2, 0.25) is 0 Å². The van der Waals surface area contributed by atoms with E-state index >= 15 is 0 Å². The number of guanidine groups is 1. The van der Waals surface area contributed by atoms with Crippen LogP contribution >= 0.6 is 27.7 Å². The van der Waals surface area contributed by atoms with Crippen LogP contribution in [0.15, 0.2) is 33.7 Å². The zero-order valence-electron chi connectivity index (χ0n) is 10.9. The summed E-state index contributed by atoms with van der Waals surface area (Å²) in [5.41, 5.74) is 1.20. The van der Waals surface area contributed by atoms with Crippen molar-refractivity contribution in [3.63, 3.8) is 0 Å². The first-order chi connectivity index (χ1) is 8.76. The fourth-order valence-electron chi connectivity index (χ4n) is 1.42. The normalized spacial score (nSPS) is 11.4. The van der Waals surface area contributed by atoms with Crippen molar-refractivity contribution in [1.82, 2.24) is 10.6 Å². The van der Waals surface area contributed by atoms with Gasteiger partial charge in [-0.05, 0) is 30.9 Å². The molecule has 18 heavy (non-hydrogen) atoms. The number of rotatable bonds is 6. The molecule has 0 bridgehead atoms. The highest BCUT2D eigenvalue weighted by molar-refractivity contribution is 9.10. The summed E-state index contributed by atoms with van der Waals surface area (Å²) in [5, 5.41) is 6.56. The van der Waals surface area contributed by atoms with E-state index in [9.17, 15) is 0 Å². The predicted molar refractivity (Wildman–Crippen MR) is 85.3 cm³/mol. The summed E-state index contributed by atoms with van der Waals surface area (Å²) in [5.74, 6) is 1.97. The first kappa shape index (κ1) is 15.4. The maximum atomic E-state index is 4.56. The van der Waals surface area contributed by atoms with Crippen molar-refractivity contribution >= 4 is 33.7 Å². The van der Waals surface area contributed by atoms with Crippen molar-refractivity contribution in [2.45, 2.75) is 13.5 Å². The van der Waals surface area contributed by atoms with Crippen LogP contribution in [0.1, 0.15) is 12.5 Å². The van der Waals surface area contributed by atoms with E-state index in [1.807, 2.05) is 23.9 Å². The van der Waals surface area contributed by atoms with Crippen molar-refractivity contribution in [2.75, 3.05) is 25.1 Å². The smallest absolute Gasteiger partial charge is 0.191 e. The molecule has 3 nitrogen and oxygen atoms in total. The van der Waals surface area contributed by atoms with Crippen molar-refractivity contribution in [2.24, 2.45) is 4.99 Å². The molecule has 0 unspecified atom stereocenters. The van der Waals surface area contributed by atoms with Gasteiger partial charge in [0.25, 0.3) is 0 Å². The third-order valence-electron chi connectivity index (χ3n) is 2.25. The second kappa shape index (κ2) is 9.28. The van der Waals surface area contributed by atoms with E-state index in [1.165, 1.54) is 5.56 Å². The molecule has 0 aliphatic heterocycles. The minimum atomic E-state index is 0.689. The van der Waals surface area contributed by atoms with Gasteiger partial charge in [0.15, 0.2) is 5.96 Å². The molecule has 2 N–H and O–H groups in total. The zero-order valence-corrected chi connectivity index (χ0v) is 13.3. The van der Waals surface area contributed by atoms with Crippen LogP contribution in [0.3, 0.4) is 0 Å². The number of benzene rings is 1. The molecule has 100 valence electrons. The van der Waals surface area contributed by atoms with Gasteiger partial charge in [-0.2, -0.15) is 11.8 Å². The second-order valence-electron chi connectivity index (χ2n) is 3.74. The molecule has 0 aliphatic carbocycles. The molecule has 1 rings (SSSR count). The van der Waals surface area contributed by atoms with Crippen LogP contribution in [0.5, 0.6) is 0 Å². The minimum absolute atomic E-state index is 0.689. The fraction of sp³-hybridized carbons (Fsp3) is 0.462. The Morgan fingerprint density at radius 1 is 1.39 bits per heavy atom. The summed E-state index contributed by atoms with van der Waals surface area (Å²) in [6.07, 6.45) is 2.10. The lowest BCUT2D eigenvalue weighted by Gasteiger charge is -2.10. The Hall–Kier alpha value is -0.680. The number of thioether (sulfide) groups is 1. The molecule has 0 saturated carbocycles. The van der Waals surface area contributed by atoms with Gasteiger partial charge in [-0.25, -0.2) is 4.99 Å². The van der Waals surface area contributed by atoms with E-state index in [0.29, 0.717) is 6.54 Å². The molecule has 5 heteroatoms. The molecule has 0 aromatic heterocycles. The Kier molecular flexibility index (Phi) is 7.93. The van der Waals surface area contributed by atoms with Gasteiger partial charge in [0.1, 0.15) is 0 Å². The van der Waals surface area contributed by atoms with Crippen LogP contribution in [0, 0.1) is 0 Å². The fourth-order valence-corrected chi connectivity index (χ4v) is 2.17. The number of nitrogens with one attached hydrogen (secondary N) is 2. The SMILES string of the molecule is CCNC(=NCc1cccc(Br)c1)NCCSC. The van der Waals surface area contributed by atoms with E-state index in [-0.39, 0.29) is 0 Å². The zero-order chi connectivity index (χ0) is 13.2. The molecule has 0 amide bonds. The third kappa shape index (κ3) is 6.31. The Balaban J connectivity index is 2.53. The summed E-state index contributed by atoms with van der Waals surface area (Å²) in [7, 11) is 0. The van der Waals surface area contributed by atoms with Crippen molar-refractivity contribution in [1.29, 1.82) is 0 Å². The van der Waals surface area contributed by atoms with Crippen molar-refractivity contribution in [3.05, 3.63) is 34.3 Å². The van der Waals surface area contributed by atoms with Crippen molar-refractivity contribution in [3.8, 4) is 0 Å². The van der Waals surface area contributed by atoms with E-state index in [1.54, 1.807) is 0 Å². The monoisotopic (exact) mass is 329 g/mol. The predicted octanol–water partition coefficient (Wildman–Crippen LogP) is 2.87. The maximum Gasteiger partial charge on any atom is 0.191 e. The maximum absolute atomic E-state index is 4.56. The molecule has 0 aliphatic rings. The molecular weight excluding hydrogens is 310 g/mol. The van der Waals surface area contributed by atoms with E-state index in [4.69, 9.17) is 0 Å². The molecule has 0 radical (unpaired) electrons. The Bertz CT molecular complexity index is 382. The number of hydrogen-bond donors (Lipinski definition) is 2. The lowest BCUT2D eigenvalue weighted by Crippen LogP contribution is -2.38. The van der Waals surface area contributed by atoms with Gasteiger partial charge in [-0.3, -0.25) is 0 Å². The number of nitrogens with zero attached hydrogens (tertiary/aromatic N) is 1. The van der Waals surface area contributed by atoms with Crippen LogP contribution < -0.4 is 10.6 Å². The van der Waals surface area contributed by atoms with E-state index in [2.05, 4.69) is 56.9 Å². The van der Waals surface area contributed by atoms with Gasteiger partial charge in [0, 0.05) is 23.3 Å². The molecule has 0 saturated heterocycles. The molecule has 0 spiro atoms. The lowest BCUT2D eigenvalue weighted by atomic mass is 10.2. The number of aliphatic imine (C=N–C) groups is 1. The van der Waals surface area contributed by atoms with Gasteiger partial charge in [-0.1, -0.05) is 28.1 Å². The molecule has 1 aromatic carbocycles. The van der Waals surface area contributed by atoms with Crippen LogP contribution in [0.4, 0.5) is 0 Å². The van der Waals surface area contributed by atoms with Crippen LogP contribution in [0.25, 0.3) is 0 Å². The minimum Gasteiger partial charge on any atom is -0.357 e. The average Bonchev–Trinajstić information content (AvgIpc) is 2.36. The average molecular weight is 330 g/mol. The summed E-state index contributed by atoms with van der Waals surface area (Å²) in [6.45, 7) is 4.58. The van der Waals surface area contributed by atoms with E-state index < -0.39 is 0 Å². The molecular formula is C13H20BrN3S. The first-order valence-corrected chi connectivity index (χ1v) is 8.20. The summed E-state index contributed by atoms with van der Waals surface area (Å²) >= 11 is 5.30. The Labute approximate surface area is 122 Å². The molecule has 0 atom stereocenters. The van der Waals surface area contributed by atoms with Crippen molar-refractivity contribution < 1.29 is 0 Å². The first-order valence-electron chi connectivity index (χ1n) is 6.01. The van der Waals surface area contributed by atoms with Gasteiger partial charge in [0.05, 0.1) is 6.54 Å². The highest BCUT2D eigenvalue weighted by atomic mass is 79.9.